The number of hydrogen-bond donors (Lipinski definition) is 0. The van der Waals surface area contributed by atoms with Gasteiger partial charge in [-0.3, -0.25) is 0 Å². The Bertz CT molecular complexity index is 622. The second-order valence-electron chi connectivity index (χ2n) is 4.94. The molecule has 0 amide bonds. The third kappa shape index (κ3) is 4.48. The molecule has 7 heteroatoms. The maximum absolute atomic E-state index is 12.2. The van der Waals surface area contributed by atoms with E-state index in [4.69, 9.17) is 11.6 Å². The Balaban J connectivity index is 2.19. The molecule has 1 aromatic carbocycles. The molecule has 2 nitrogen and oxygen atoms in total. The van der Waals surface area contributed by atoms with Gasteiger partial charge < -0.3 is 4.57 Å². The maximum atomic E-state index is 12.2. The molecule has 0 saturated heterocycles. The summed E-state index contributed by atoms with van der Waals surface area (Å²) in [5.41, 5.74) is 1.75. The average Bonchev–Trinajstić information content (AvgIpc) is 2.71. The molecule has 0 saturated carbocycles. The van der Waals surface area contributed by atoms with E-state index >= 15 is 0 Å². The number of imidazole rings is 1. The Labute approximate surface area is 139 Å². The van der Waals surface area contributed by atoms with E-state index in [1.165, 1.54) is 0 Å². The Kier molecular flexibility index (Phi) is 5.40. The average molecular weight is 431 g/mol. The lowest BCUT2D eigenvalue weighted by Gasteiger charge is -2.11. The number of fused-ring (bicyclic) bond motifs is 1. The minimum Gasteiger partial charge on any atom is -0.327 e. The smallest absolute Gasteiger partial charge is 0.327 e. The third-order valence-electron chi connectivity index (χ3n) is 3.19. The minimum absolute atomic E-state index is 0.115. The number of nitrogens with zero attached hydrogens (tertiary/aromatic N) is 2. The van der Waals surface area contributed by atoms with Gasteiger partial charge in [-0.1, -0.05) is 0 Å². The summed E-state index contributed by atoms with van der Waals surface area (Å²) in [5, 5.41) is -0.280. The van der Waals surface area contributed by atoms with Crippen molar-refractivity contribution in [3.8, 4) is 0 Å². The number of aromatic nitrogens is 2. The van der Waals surface area contributed by atoms with Gasteiger partial charge in [0, 0.05) is 16.5 Å². The molecule has 1 unspecified atom stereocenters. The lowest BCUT2D eigenvalue weighted by molar-refractivity contribution is -0.135. The van der Waals surface area contributed by atoms with Gasteiger partial charge in [-0.05, 0) is 60.6 Å². The van der Waals surface area contributed by atoms with Crippen LogP contribution in [0.15, 0.2) is 18.2 Å². The third-order valence-corrected chi connectivity index (χ3v) is 4.05. The number of hydrogen-bond acceptors (Lipinski definition) is 1. The Morgan fingerprint density at radius 3 is 2.67 bits per heavy atom. The highest BCUT2D eigenvalue weighted by molar-refractivity contribution is 14.1. The van der Waals surface area contributed by atoms with Crippen molar-refractivity contribution >= 4 is 45.2 Å². The molecule has 0 bridgehead atoms. The molecule has 21 heavy (non-hydrogen) atoms. The number of unbranched alkanes of at least 4 members (excludes halogenated alkanes) is 1. The van der Waals surface area contributed by atoms with Crippen LogP contribution < -0.4 is 0 Å². The highest BCUT2D eigenvalue weighted by Crippen LogP contribution is 2.27. The Hall–Kier alpha value is -0.500. The van der Waals surface area contributed by atoms with E-state index < -0.39 is 12.6 Å². The highest BCUT2D eigenvalue weighted by Gasteiger charge is 2.26. The van der Waals surface area contributed by atoms with Gasteiger partial charge in [-0.2, -0.15) is 13.2 Å². The van der Waals surface area contributed by atoms with Crippen molar-refractivity contribution < 1.29 is 13.2 Å². The summed E-state index contributed by atoms with van der Waals surface area (Å²) in [4.78, 5) is 4.50. The number of alkyl halides is 4. The summed E-state index contributed by atoms with van der Waals surface area (Å²) in [6.07, 6.45) is -4.27. The van der Waals surface area contributed by atoms with Crippen molar-refractivity contribution in [3.63, 3.8) is 0 Å². The lowest BCUT2D eigenvalue weighted by atomic mass is 10.2. The van der Waals surface area contributed by atoms with Gasteiger partial charge in [0.2, 0.25) is 0 Å². The molecular formula is C14H15ClF3IN2. The minimum atomic E-state index is -4.09. The fraction of sp³-hybridized carbons (Fsp3) is 0.500. The van der Waals surface area contributed by atoms with Crippen LogP contribution in [-0.2, 0) is 6.54 Å². The maximum Gasteiger partial charge on any atom is 0.389 e. The molecule has 0 spiro atoms. The van der Waals surface area contributed by atoms with Crippen molar-refractivity contribution in [2.24, 2.45) is 0 Å². The van der Waals surface area contributed by atoms with E-state index in [2.05, 4.69) is 27.6 Å². The summed E-state index contributed by atoms with van der Waals surface area (Å²) in [6, 6.07) is 5.85. The molecule has 2 rings (SSSR count). The zero-order chi connectivity index (χ0) is 15.6. The monoisotopic (exact) mass is 430 g/mol. The Morgan fingerprint density at radius 2 is 2.05 bits per heavy atom. The van der Waals surface area contributed by atoms with Crippen LogP contribution in [0.25, 0.3) is 11.0 Å². The Morgan fingerprint density at radius 1 is 1.33 bits per heavy atom. The first-order valence-corrected chi connectivity index (χ1v) is 8.16. The van der Waals surface area contributed by atoms with Gasteiger partial charge in [-0.25, -0.2) is 4.98 Å². The van der Waals surface area contributed by atoms with Crippen molar-refractivity contribution in [1.82, 2.24) is 9.55 Å². The van der Waals surface area contributed by atoms with Crippen LogP contribution in [0.1, 0.15) is 37.4 Å². The lowest BCUT2D eigenvalue weighted by Crippen LogP contribution is -2.09. The molecule has 0 fully saturated rings. The van der Waals surface area contributed by atoms with Gasteiger partial charge in [0.15, 0.2) is 0 Å². The highest BCUT2D eigenvalue weighted by atomic mass is 127. The molecule has 0 aliphatic rings. The first kappa shape index (κ1) is 16.9. The molecule has 0 aliphatic carbocycles. The molecule has 0 N–H and O–H groups in total. The molecule has 1 aromatic heterocycles. The summed E-state index contributed by atoms with van der Waals surface area (Å²) >= 11 is 8.34. The van der Waals surface area contributed by atoms with Crippen LogP contribution in [-0.4, -0.2) is 15.7 Å². The molecule has 116 valence electrons. The zero-order valence-corrected chi connectivity index (χ0v) is 14.3. The van der Waals surface area contributed by atoms with Gasteiger partial charge in [0.25, 0.3) is 0 Å². The van der Waals surface area contributed by atoms with Crippen molar-refractivity contribution in [2.45, 2.75) is 44.3 Å². The number of halogens is 5. The summed E-state index contributed by atoms with van der Waals surface area (Å²) < 4.78 is 39.6. The van der Waals surface area contributed by atoms with Crippen molar-refractivity contribution in [2.75, 3.05) is 0 Å². The van der Waals surface area contributed by atoms with Gasteiger partial charge >= 0.3 is 6.18 Å². The fourth-order valence-electron chi connectivity index (χ4n) is 2.26. The predicted molar refractivity (Wildman–Crippen MR) is 86.6 cm³/mol. The first-order valence-electron chi connectivity index (χ1n) is 6.64. The molecule has 1 heterocycles. The predicted octanol–water partition coefficient (Wildman–Crippen LogP) is 5.67. The number of aryl methyl sites for hydroxylation is 1. The van der Waals surface area contributed by atoms with E-state index in [-0.39, 0.29) is 11.8 Å². The SMILES string of the molecule is CC(Cl)c1nc2cc(I)ccc2n1CCCCC(F)(F)F. The topological polar surface area (TPSA) is 17.8 Å². The van der Waals surface area contributed by atoms with Crippen LogP contribution in [0, 0.1) is 3.57 Å². The van der Waals surface area contributed by atoms with E-state index in [1.54, 1.807) is 0 Å². The van der Waals surface area contributed by atoms with Crippen molar-refractivity contribution in [3.05, 3.63) is 27.6 Å². The molecular weight excluding hydrogens is 416 g/mol. The van der Waals surface area contributed by atoms with Gasteiger partial charge in [-0.15, -0.1) is 11.6 Å². The first-order chi connectivity index (χ1) is 9.78. The summed E-state index contributed by atoms with van der Waals surface area (Å²) in [5.74, 6) is 0.709. The van der Waals surface area contributed by atoms with Crippen molar-refractivity contribution in [1.29, 1.82) is 0 Å². The standard InChI is InChI=1S/C14H15ClF3IN2/c1-9(15)13-20-11-8-10(19)4-5-12(11)21(13)7-3-2-6-14(16,17)18/h4-5,8-9H,2-3,6-7H2,1H3. The van der Waals surface area contributed by atoms with Crippen LogP contribution in [0.4, 0.5) is 13.2 Å². The van der Waals surface area contributed by atoms with E-state index in [0.29, 0.717) is 18.8 Å². The number of benzene rings is 1. The molecule has 2 aromatic rings. The second-order valence-corrected chi connectivity index (χ2v) is 6.84. The van der Waals surface area contributed by atoms with E-state index in [1.807, 2.05) is 29.7 Å². The molecule has 0 aliphatic heterocycles. The largest absolute Gasteiger partial charge is 0.389 e. The van der Waals surface area contributed by atoms with E-state index in [9.17, 15) is 13.2 Å². The van der Waals surface area contributed by atoms with Gasteiger partial charge in [0.1, 0.15) is 5.82 Å². The zero-order valence-electron chi connectivity index (χ0n) is 11.4. The number of rotatable bonds is 5. The van der Waals surface area contributed by atoms with Gasteiger partial charge in [0.05, 0.1) is 16.4 Å². The van der Waals surface area contributed by atoms with Crippen LogP contribution >= 0.6 is 34.2 Å². The normalized spacial score (nSPS) is 13.8. The van der Waals surface area contributed by atoms with Crippen LogP contribution in [0.2, 0.25) is 0 Å². The second kappa shape index (κ2) is 6.73. The van der Waals surface area contributed by atoms with Crippen LogP contribution in [0.5, 0.6) is 0 Å². The summed E-state index contributed by atoms with van der Waals surface area (Å²) in [6.45, 7) is 2.32. The molecule has 1 atom stereocenters. The molecule has 0 radical (unpaired) electrons. The van der Waals surface area contributed by atoms with Crippen LogP contribution in [0.3, 0.4) is 0 Å². The fourth-order valence-corrected chi connectivity index (χ4v) is 2.90. The quantitative estimate of drug-likeness (QED) is 0.339. The van der Waals surface area contributed by atoms with E-state index in [0.717, 1.165) is 14.6 Å². The summed E-state index contributed by atoms with van der Waals surface area (Å²) in [7, 11) is 0.